The molecule has 0 saturated carbocycles. The van der Waals surface area contributed by atoms with E-state index in [0.717, 1.165) is 45.4 Å². The van der Waals surface area contributed by atoms with Crippen molar-refractivity contribution in [2.45, 2.75) is 19.3 Å². The Balaban J connectivity index is 1.44. The molecule has 0 unspecified atom stereocenters. The van der Waals surface area contributed by atoms with E-state index >= 15 is 0 Å². The number of para-hydroxylation sites is 2. The van der Waals surface area contributed by atoms with Crippen molar-refractivity contribution in [2.75, 3.05) is 53.5 Å². The number of benzene rings is 2. The molecule has 0 fully saturated rings. The highest BCUT2D eigenvalue weighted by atomic mass is 16.5. The molecule has 0 spiro atoms. The van der Waals surface area contributed by atoms with Gasteiger partial charge in [-0.25, -0.2) is 0 Å². The normalized spacial score (nSPS) is 11.5. The molecule has 0 radical (unpaired) electrons. The summed E-state index contributed by atoms with van der Waals surface area (Å²) in [5.74, 6) is 1.15. The third-order valence-corrected chi connectivity index (χ3v) is 4.95. The molecule has 0 aliphatic heterocycles. The van der Waals surface area contributed by atoms with Crippen molar-refractivity contribution in [1.29, 1.82) is 0 Å². The molecule has 0 atom stereocenters. The molecule has 0 amide bonds. The highest BCUT2D eigenvalue weighted by Crippen LogP contribution is 2.28. The Morgan fingerprint density at radius 3 is 1.55 bits per heavy atom. The molecule has 2 aromatic rings. The number of phenols is 2. The number of ether oxygens (including phenoxy) is 2. The van der Waals surface area contributed by atoms with E-state index in [1.165, 1.54) is 14.2 Å². The standard InChI is InChI=1S/C25H36N4O4/c1-32-22-10-3-8-20(24(22)30)18-28-16-6-14-26-12-5-13-27-15-7-17-29-19-21-9-4-11-23(33-2)25(21)31/h3-4,8-11,18-19,26-27,30-31H,5-7,12-17H2,1-2H3. The number of methoxy groups -OCH3 is 2. The van der Waals surface area contributed by atoms with Crippen molar-refractivity contribution in [1.82, 2.24) is 10.6 Å². The van der Waals surface area contributed by atoms with Crippen molar-refractivity contribution in [3.05, 3.63) is 47.5 Å². The Bertz CT molecular complexity index is 815. The van der Waals surface area contributed by atoms with Gasteiger partial charge in [-0.1, -0.05) is 12.1 Å². The fourth-order valence-corrected chi connectivity index (χ4v) is 3.12. The van der Waals surface area contributed by atoms with E-state index < -0.39 is 0 Å². The summed E-state index contributed by atoms with van der Waals surface area (Å²) in [7, 11) is 3.06. The molecular weight excluding hydrogens is 420 g/mol. The van der Waals surface area contributed by atoms with E-state index in [9.17, 15) is 10.2 Å². The van der Waals surface area contributed by atoms with E-state index in [1.807, 2.05) is 24.3 Å². The second-order valence-electron chi connectivity index (χ2n) is 7.43. The third kappa shape index (κ3) is 9.51. The third-order valence-electron chi connectivity index (χ3n) is 4.95. The molecule has 0 saturated heterocycles. The van der Waals surface area contributed by atoms with Crippen LogP contribution >= 0.6 is 0 Å². The molecule has 0 bridgehead atoms. The average molecular weight is 457 g/mol. The van der Waals surface area contributed by atoms with E-state index in [1.54, 1.807) is 24.6 Å². The Morgan fingerprint density at radius 2 is 1.12 bits per heavy atom. The van der Waals surface area contributed by atoms with Gasteiger partial charge in [-0.05, 0) is 69.7 Å². The lowest BCUT2D eigenvalue weighted by Crippen LogP contribution is -2.23. The van der Waals surface area contributed by atoms with E-state index in [4.69, 9.17) is 9.47 Å². The van der Waals surface area contributed by atoms with Crippen LogP contribution in [0.2, 0.25) is 0 Å². The maximum atomic E-state index is 10.0. The number of nitrogens with one attached hydrogen (secondary N) is 2. The first kappa shape index (κ1) is 26.2. The molecule has 2 aromatic carbocycles. The molecule has 33 heavy (non-hydrogen) atoms. The quantitative estimate of drug-likeness (QED) is 0.228. The second kappa shape index (κ2) is 15.7. The Labute approximate surface area is 196 Å². The van der Waals surface area contributed by atoms with E-state index in [-0.39, 0.29) is 11.5 Å². The molecule has 2 rings (SSSR count). The first-order valence-corrected chi connectivity index (χ1v) is 11.3. The summed E-state index contributed by atoms with van der Waals surface area (Å²) in [4.78, 5) is 8.74. The highest BCUT2D eigenvalue weighted by molar-refractivity contribution is 5.85. The van der Waals surface area contributed by atoms with Gasteiger partial charge in [-0.3, -0.25) is 9.98 Å². The molecule has 8 nitrogen and oxygen atoms in total. The van der Waals surface area contributed by atoms with Crippen LogP contribution in [0.25, 0.3) is 0 Å². The van der Waals surface area contributed by atoms with Gasteiger partial charge in [0.05, 0.1) is 14.2 Å². The summed E-state index contributed by atoms with van der Waals surface area (Å²) in [6, 6.07) is 10.7. The predicted octanol–water partition coefficient (Wildman–Crippen LogP) is 3.00. The smallest absolute Gasteiger partial charge is 0.166 e. The van der Waals surface area contributed by atoms with Gasteiger partial charge < -0.3 is 30.3 Å². The minimum absolute atomic E-state index is 0.123. The van der Waals surface area contributed by atoms with Crippen LogP contribution in [0.15, 0.2) is 46.4 Å². The fourth-order valence-electron chi connectivity index (χ4n) is 3.12. The largest absolute Gasteiger partial charge is 0.504 e. The summed E-state index contributed by atoms with van der Waals surface area (Å²) in [5, 5.41) is 26.9. The minimum Gasteiger partial charge on any atom is -0.504 e. The van der Waals surface area contributed by atoms with Gasteiger partial charge in [0.15, 0.2) is 23.0 Å². The number of aromatic hydroxyl groups is 2. The predicted molar refractivity (Wildman–Crippen MR) is 134 cm³/mol. The molecule has 4 N–H and O–H groups in total. The monoisotopic (exact) mass is 456 g/mol. The van der Waals surface area contributed by atoms with E-state index in [0.29, 0.717) is 35.7 Å². The number of hydrogen-bond donors (Lipinski definition) is 4. The molecule has 0 aliphatic rings. The zero-order valence-corrected chi connectivity index (χ0v) is 19.6. The van der Waals surface area contributed by atoms with Crippen LogP contribution < -0.4 is 20.1 Å². The summed E-state index contributed by atoms with van der Waals surface area (Å²) >= 11 is 0. The van der Waals surface area contributed by atoms with Crippen molar-refractivity contribution >= 4 is 12.4 Å². The topological polar surface area (TPSA) is 108 Å². The Hall–Kier alpha value is -3.10. The number of phenolic OH excluding ortho intramolecular Hbond substituents is 2. The maximum Gasteiger partial charge on any atom is 0.166 e. The van der Waals surface area contributed by atoms with Gasteiger partial charge in [0.25, 0.3) is 0 Å². The van der Waals surface area contributed by atoms with Crippen molar-refractivity contribution in [2.24, 2.45) is 9.98 Å². The van der Waals surface area contributed by atoms with Crippen molar-refractivity contribution in [3.63, 3.8) is 0 Å². The zero-order valence-electron chi connectivity index (χ0n) is 19.6. The lowest BCUT2D eigenvalue weighted by Gasteiger charge is -2.06. The van der Waals surface area contributed by atoms with Crippen LogP contribution in [-0.2, 0) is 0 Å². The van der Waals surface area contributed by atoms with Gasteiger partial charge in [-0.15, -0.1) is 0 Å². The van der Waals surface area contributed by atoms with Gasteiger partial charge in [0.2, 0.25) is 0 Å². The molecule has 0 heterocycles. The number of hydrogen-bond acceptors (Lipinski definition) is 8. The number of rotatable bonds is 16. The second-order valence-corrected chi connectivity index (χ2v) is 7.43. The lowest BCUT2D eigenvalue weighted by atomic mass is 10.2. The van der Waals surface area contributed by atoms with Crippen LogP contribution in [0, 0.1) is 0 Å². The van der Waals surface area contributed by atoms with Crippen molar-refractivity contribution < 1.29 is 19.7 Å². The van der Waals surface area contributed by atoms with Gasteiger partial charge >= 0.3 is 0 Å². The van der Waals surface area contributed by atoms with Gasteiger partial charge in [0, 0.05) is 36.6 Å². The summed E-state index contributed by atoms with van der Waals surface area (Å²) in [6.45, 7) is 5.15. The van der Waals surface area contributed by atoms with Crippen LogP contribution in [-0.4, -0.2) is 76.1 Å². The number of aliphatic imine (C=N–C) groups is 2. The Morgan fingerprint density at radius 1 is 0.697 bits per heavy atom. The maximum absolute atomic E-state index is 10.0. The Kier molecular flexibility index (Phi) is 12.4. The number of nitrogens with zero attached hydrogens (tertiary/aromatic N) is 2. The van der Waals surface area contributed by atoms with E-state index in [2.05, 4.69) is 20.6 Å². The lowest BCUT2D eigenvalue weighted by molar-refractivity contribution is 0.373. The molecule has 0 aliphatic carbocycles. The highest BCUT2D eigenvalue weighted by Gasteiger charge is 2.05. The minimum atomic E-state index is 0.123. The van der Waals surface area contributed by atoms with Crippen LogP contribution in [0.4, 0.5) is 0 Å². The summed E-state index contributed by atoms with van der Waals surface area (Å²) < 4.78 is 10.2. The molecule has 0 aromatic heterocycles. The van der Waals surface area contributed by atoms with Gasteiger partial charge in [0.1, 0.15) is 0 Å². The van der Waals surface area contributed by atoms with Crippen LogP contribution in [0.1, 0.15) is 30.4 Å². The van der Waals surface area contributed by atoms with Crippen LogP contribution in [0.5, 0.6) is 23.0 Å². The van der Waals surface area contributed by atoms with Gasteiger partial charge in [-0.2, -0.15) is 0 Å². The average Bonchev–Trinajstić information content (AvgIpc) is 2.83. The molecule has 180 valence electrons. The fraction of sp³-hybridized carbons (Fsp3) is 0.440. The first-order valence-electron chi connectivity index (χ1n) is 11.3. The molecular formula is C25H36N4O4. The van der Waals surface area contributed by atoms with Crippen molar-refractivity contribution in [3.8, 4) is 23.0 Å². The SMILES string of the molecule is COc1cccc(C=NCCCNCCCNCCCN=Cc2cccc(OC)c2O)c1O. The summed E-state index contributed by atoms with van der Waals surface area (Å²) in [5.41, 5.74) is 1.33. The zero-order chi connectivity index (χ0) is 23.7. The molecule has 8 heteroatoms. The first-order chi connectivity index (χ1) is 16.2. The van der Waals surface area contributed by atoms with Crippen LogP contribution in [0.3, 0.4) is 0 Å². The summed E-state index contributed by atoms with van der Waals surface area (Å²) in [6.07, 6.45) is 6.31.